The molecule has 29 heavy (non-hydrogen) atoms. The average molecular weight is 428 g/mol. The number of aryl methyl sites for hydroxylation is 1. The lowest BCUT2D eigenvalue weighted by Crippen LogP contribution is -2.38. The topological polar surface area (TPSA) is 77.0 Å². The lowest BCUT2D eigenvalue weighted by molar-refractivity contribution is 0.0701. The molecule has 0 spiro atoms. The first-order valence-electron chi connectivity index (χ1n) is 9.36. The van der Waals surface area contributed by atoms with E-state index < -0.39 is 0 Å². The van der Waals surface area contributed by atoms with Crippen molar-refractivity contribution in [1.29, 1.82) is 0 Å². The summed E-state index contributed by atoms with van der Waals surface area (Å²) in [5.41, 5.74) is 2.93. The van der Waals surface area contributed by atoms with Gasteiger partial charge in [-0.2, -0.15) is 5.10 Å². The zero-order valence-electron chi connectivity index (χ0n) is 15.7. The summed E-state index contributed by atoms with van der Waals surface area (Å²) in [5, 5.41) is 7.43. The van der Waals surface area contributed by atoms with Gasteiger partial charge < -0.3 is 9.32 Å². The first-order valence-corrected chi connectivity index (χ1v) is 10.6. The van der Waals surface area contributed by atoms with E-state index in [1.807, 2.05) is 35.7 Å². The van der Waals surface area contributed by atoms with Gasteiger partial charge in [0.05, 0.1) is 6.20 Å². The summed E-state index contributed by atoms with van der Waals surface area (Å²) in [6.45, 7) is 1.31. The standard InChI is InChI=1S/C20H18ClN5O2S/c1-25-10-13(9-22-25)19-24-16(11-29-19)20(27)26-6-4-12(5-7-26)18-23-15-8-14(21)2-3-17(15)28-18/h2-3,8-12H,4-7H2,1H3. The number of nitrogens with zero attached hydrogens (tertiary/aromatic N) is 5. The van der Waals surface area contributed by atoms with E-state index in [0.29, 0.717) is 23.8 Å². The highest BCUT2D eigenvalue weighted by atomic mass is 35.5. The normalized spacial score (nSPS) is 15.3. The van der Waals surface area contributed by atoms with E-state index >= 15 is 0 Å². The number of hydrogen-bond acceptors (Lipinski definition) is 6. The maximum Gasteiger partial charge on any atom is 0.273 e. The number of rotatable bonds is 3. The van der Waals surface area contributed by atoms with Gasteiger partial charge in [0.2, 0.25) is 0 Å². The Morgan fingerprint density at radius 3 is 2.86 bits per heavy atom. The Hall–Kier alpha value is -2.71. The van der Waals surface area contributed by atoms with Crippen LogP contribution in [0.3, 0.4) is 0 Å². The van der Waals surface area contributed by atoms with Crippen LogP contribution in [0.1, 0.15) is 35.1 Å². The monoisotopic (exact) mass is 427 g/mol. The second kappa shape index (κ2) is 7.27. The van der Waals surface area contributed by atoms with E-state index in [1.165, 1.54) is 11.3 Å². The number of carbonyl (C=O) groups excluding carboxylic acids is 1. The molecule has 0 aliphatic carbocycles. The SMILES string of the molecule is Cn1cc(-c2nc(C(=O)N3CCC(c4nc5cc(Cl)ccc5o4)CC3)cs2)cn1. The van der Waals surface area contributed by atoms with Gasteiger partial charge in [-0.05, 0) is 31.0 Å². The van der Waals surface area contributed by atoms with Crippen LogP contribution in [0.2, 0.25) is 5.02 Å². The van der Waals surface area contributed by atoms with Crippen LogP contribution < -0.4 is 0 Å². The molecule has 1 saturated heterocycles. The molecule has 7 nitrogen and oxygen atoms in total. The Bertz CT molecular complexity index is 1190. The van der Waals surface area contributed by atoms with Gasteiger partial charge in [0.15, 0.2) is 11.5 Å². The number of thiazole rings is 1. The molecule has 3 aromatic heterocycles. The molecule has 1 fully saturated rings. The number of carbonyl (C=O) groups is 1. The van der Waals surface area contributed by atoms with Crippen LogP contribution in [-0.2, 0) is 7.05 Å². The molecular formula is C20H18ClN5O2S. The van der Waals surface area contributed by atoms with Crippen LogP contribution in [0, 0.1) is 0 Å². The first kappa shape index (κ1) is 18.3. The molecule has 0 N–H and O–H groups in total. The van der Waals surface area contributed by atoms with Gasteiger partial charge in [-0.25, -0.2) is 9.97 Å². The van der Waals surface area contributed by atoms with Crippen LogP contribution >= 0.6 is 22.9 Å². The van der Waals surface area contributed by atoms with E-state index in [-0.39, 0.29) is 11.8 Å². The average Bonchev–Trinajstić information content (AvgIpc) is 3.46. The second-order valence-corrected chi connectivity index (χ2v) is 8.47. The molecule has 1 aromatic carbocycles. The van der Waals surface area contributed by atoms with Crippen molar-refractivity contribution in [3.05, 3.63) is 52.6 Å². The van der Waals surface area contributed by atoms with Crippen molar-refractivity contribution < 1.29 is 9.21 Å². The number of amides is 1. The maximum absolute atomic E-state index is 12.9. The van der Waals surface area contributed by atoms with Crippen LogP contribution in [0.15, 0.2) is 40.4 Å². The second-order valence-electron chi connectivity index (χ2n) is 7.17. The van der Waals surface area contributed by atoms with Crippen molar-refractivity contribution in [3.8, 4) is 10.6 Å². The Morgan fingerprint density at radius 1 is 1.28 bits per heavy atom. The van der Waals surface area contributed by atoms with E-state index in [2.05, 4.69) is 15.1 Å². The van der Waals surface area contributed by atoms with Crippen LogP contribution in [-0.4, -0.2) is 43.6 Å². The fraction of sp³-hybridized carbons (Fsp3) is 0.300. The van der Waals surface area contributed by atoms with Crippen molar-refractivity contribution >= 4 is 39.9 Å². The Labute approximate surface area is 175 Å². The van der Waals surface area contributed by atoms with Crippen molar-refractivity contribution in [1.82, 2.24) is 24.6 Å². The van der Waals surface area contributed by atoms with Crippen molar-refractivity contribution in [2.24, 2.45) is 7.05 Å². The molecule has 4 heterocycles. The number of hydrogen-bond donors (Lipinski definition) is 0. The predicted molar refractivity (Wildman–Crippen MR) is 111 cm³/mol. The summed E-state index contributed by atoms with van der Waals surface area (Å²) in [5.74, 6) is 0.896. The Kier molecular flexibility index (Phi) is 4.60. The number of benzene rings is 1. The molecule has 148 valence electrons. The molecule has 0 unspecified atom stereocenters. The Balaban J connectivity index is 1.26. The summed E-state index contributed by atoms with van der Waals surface area (Å²) in [6, 6.07) is 5.45. The zero-order chi connectivity index (χ0) is 20.0. The summed E-state index contributed by atoms with van der Waals surface area (Å²) in [7, 11) is 1.86. The molecule has 0 atom stereocenters. The smallest absolute Gasteiger partial charge is 0.273 e. The van der Waals surface area contributed by atoms with Gasteiger partial charge in [0.25, 0.3) is 5.91 Å². The van der Waals surface area contributed by atoms with Gasteiger partial charge >= 0.3 is 0 Å². The molecule has 0 bridgehead atoms. The lowest BCUT2D eigenvalue weighted by Gasteiger charge is -2.30. The fourth-order valence-corrected chi connectivity index (χ4v) is 4.56. The van der Waals surface area contributed by atoms with Gasteiger partial charge in [-0.15, -0.1) is 11.3 Å². The van der Waals surface area contributed by atoms with Crippen LogP contribution in [0.25, 0.3) is 21.7 Å². The third-order valence-corrected chi connectivity index (χ3v) is 6.30. The highest BCUT2D eigenvalue weighted by Gasteiger charge is 2.28. The summed E-state index contributed by atoms with van der Waals surface area (Å²) < 4.78 is 7.63. The van der Waals surface area contributed by atoms with Crippen molar-refractivity contribution in [2.45, 2.75) is 18.8 Å². The number of likely N-dealkylation sites (tertiary alicyclic amines) is 1. The molecule has 4 aromatic rings. The highest BCUT2D eigenvalue weighted by Crippen LogP contribution is 2.31. The summed E-state index contributed by atoms with van der Waals surface area (Å²) in [4.78, 5) is 23.8. The van der Waals surface area contributed by atoms with Crippen LogP contribution in [0.5, 0.6) is 0 Å². The minimum Gasteiger partial charge on any atom is -0.440 e. The quantitative estimate of drug-likeness (QED) is 0.485. The molecule has 0 saturated carbocycles. The third-order valence-electron chi connectivity index (χ3n) is 5.17. The molecule has 1 aliphatic heterocycles. The molecule has 5 rings (SSSR count). The number of halogens is 1. The molecule has 9 heteroatoms. The largest absolute Gasteiger partial charge is 0.440 e. The van der Waals surface area contributed by atoms with E-state index in [4.69, 9.17) is 16.0 Å². The van der Waals surface area contributed by atoms with Crippen LogP contribution in [0.4, 0.5) is 0 Å². The number of aromatic nitrogens is 4. The molecule has 1 aliphatic rings. The van der Waals surface area contributed by atoms with Gasteiger partial charge in [0, 0.05) is 48.2 Å². The first-order chi connectivity index (χ1) is 14.1. The van der Waals surface area contributed by atoms with Gasteiger partial charge in [-0.3, -0.25) is 9.48 Å². The minimum atomic E-state index is -0.0285. The van der Waals surface area contributed by atoms with Crippen molar-refractivity contribution in [2.75, 3.05) is 13.1 Å². The summed E-state index contributed by atoms with van der Waals surface area (Å²) >= 11 is 7.49. The number of piperidine rings is 1. The van der Waals surface area contributed by atoms with E-state index in [1.54, 1.807) is 16.9 Å². The third kappa shape index (κ3) is 3.54. The zero-order valence-corrected chi connectivity index (χ0v) is 17.3. The fourth-order valence-electron chi connectivity index (χ4n) is 3.62. The predicted octanol–water partition coefficient (Wildman–Crippen LogP) is 4.36. The van der Waals surface area contributed by atoms with E-state index in [0.717, 1.165) is 40.4 Å². The Morgan fingerprint density at radius 2 is 2.10 bits per heavy atom. The van der Waals surface area contributed by atoms with Gasteiger partial charge in [-0.1, -0.05) is 11.6 Å². The minimum absolute atomic E-state index is 0.0285. The van der Waals surface area contributed by atoms with Gasteiger partial charge in [0.1, 0.15) is 16.2 Å². The highest BCUT2D eigenvalue weighted by molar-refractivity contribution is 7.13. The number of fused-ring (bicyclic) bond motifs is 1. The summed E-state index contributed by atoms with van der Waals surface area (Å²) in [6.07, 6.45) is 5.27. The number of oxazole rings is 1. The molecule has 1 amide bonds. The molecule has 0 radical (unpaired) electrons. The van der Waals surface area contributed by atoms with Crippen molar-refractivity contribution in [3.63, 3.8) is 0 Å². The maximum atomic E-state index is 12.9. The lowest BCUT2D eigenvalue weighted by atomic mass is 9.96. The van der Waals surface area contributed by atoms with E-state index in [9.17, 15) is 4.79 Å². The molecular weight excluding hydrogens is 410 g/mol.